The maximum atomic E-state index is 11.8. The molecule has 1 fully saturated rings. The molecule has 0 aliphatic heterocycles. The number of benzene rings is 1. The smallest absolute Gasteiger partial charge is 0.412 e. The van der Waals surface area contributed by atoms with E-state index in [0.717, 1.165) is 18.4 Å². The third kappa shape index (κ3) is 5.16. The Balaban J connectivity index is 2.17. The summed E-state index contributed by atoms with van der Waals surface area (Å²) >= 11 is 0. The van der Waals surface area contributed by atoms with Crippen molar-refractivity contribution in [3.8, 4) is 5.75 Å². The maximum Gasteiger partial charge on any atom is 0.412 e. The van der Waals surface area contributed by atoms with Crippen LogP contribution in [-0.4, -0.2) is 27.9 Å². The normalized spacial score (nSPS) is 15.8. The lowest BCUT2D eigenvalue weighted by Crippen LogP contribution is -2.27. The monoisotopic (exact) mass is 321 g/mol. The van der Waals surface area contributed by atoms with Gasteiger partial charge in [-0.05, 0) is 63.1 Å². The van der Waals surface area contributed by atoms with E-state index >= 15 is 0 Å². The van der Waals surface area contributed by atoms with E-state index in [1.54, 1.807) is 32.9 Å². The Morgan fingerprint density at radius 3 is 2.52 bits per heavy atom. The van der Waals surface area contributed by atoms with Crippen LogP contribution in [0.5, 0.6) is 5.75 Å². The van der Waals surface area contributed by atoms with Crippen LogP contribution in [-0.2, 0) is 9.53 Å². The Kier molecular flexibility index (Phi) is 4.82. The lowest BCUT2D eigenvalue weighted by molar-refractivity contribution is -0.137. The first-order valence-electron chi connectivity index (χ1n) is 7.70. The molecule has 1 atom stereocenters. The number of ether oxygens (including phenoxy) is 1. The molecule has 0 aromatic heterocycles. The number of carbonyl (C=O) groups excluding carboxylic acids is 1. The Labute approximate surface area is 135 Å². The fourth-order valence-corrected chi connectivity index (χ4v) is 2.54. The van der Waals surface area contributed by atoms with Crippen LogP contribution in [0.1, 0.15) is 51.5 Å². The second kappa shape index (κ2) is 6.48. The molecule has 2 rings (SSSR count). The zero-order valence-corrected chi connectivity index (χ0v) is 13.6. The van der Waals surface area contributed by atoms with Gasteiger partial charge in [0.25, 0.3) is 0 Å². The zero-order chi connectivity index (χ0) is 17.2. The summed E-state index contributed by atoms with van der Waals surface area (Å²) < 4.78 is 5.17. The molecule has 1 aliphatic carbocycles. The van der Waals surface area contributed by atoms with Crippen LogP contribution in [0, 0.1) is 5.92 Å². The summed E-state index contributed by atoms with van der Waals surface area (Å²) in [5.74, 6) is -0.682. The van der Waals surface area contributed by atoms with Crippen molar-refractivity contribution < 1.29 is 24.5 Å². The highest BCUT2D eigenvalue weighted by Crippen LogP contribution is 2.45. The van der Waals surface area contributed by atoms with E-state index in [0.29, 0.717) is 5.92 Å². The van der Waals surface area contributed by atoms with E-state index in [-0.39, 0.29) is 23.8 Å². The summed E-state index contributed by atoms with van der Waals surface area (Å²) in [5, 5.41) is 21.5. The van der Waals surface area contributed by atoms with Crippen molar-refractivity contribution in [1.82, 2.24) is 0 Å². The van der Waals surface area contributed by atoms with Crippen molar-refractivity contribution in [2.45, 2.75) is 51.6 Å². The van der Waals surface area contributed by atoms with Gasteiger partial charge in [-0.3, -0.25) is 10.1 Å². The molecular weight excluding hydrogens is 298 g/mol. The highest BCUT2D eigenvalue weighted by atomic mass is 16.6. The van der Waals surface area contributed by atoms with Gasteiger partial charge in [-0.2, -0.15) is 0 Å². The van der Waals surface area contributed by atoms with Crippen LogP contribution in [0.4, 0.5) is 10.5 Å². The number of carboxylic acid groups (broad SMARTS) is 1. The van der Waals surface area contributed by atoms with Gasteiger partial charge in [0.1, 0.15) is 11.4 Å². The standard InChI is InChI=1S/C17H23NO5/c1-17(2,3)23-16(22)18-13-8-11(6-7-14(13)19)12(9-15(20)21)10-4-5-10/h6-8,10,12,19H,4-5,9H2,1-3H3,(H,18,22)(H,20,21). The Bertz CT molecular complexity index is 601. The number of carboxylic acids is 1. The SMILES string of the molecule is CC(C)(C)OC(=O)Nc1cc(C(CC(=O)O)C2CC2)ccc1O. The average molecular weight is 321 g/mol. The first kappa shape index (κ1) is 17.1. The van der Waals surface area contributed by atoms with Gasteiger partial charge in [-0.25, -0.2) is 4.79 Å². The minimum atomic E-state index is -0.850. The second-order valence-corrected chi connectivity index (χ2v) is 6.95. The molecule has 3 N–H and O–H groups in total. The number of nitrogens with one attached hydrogen (secondary N) is 1. The number of aromatic hydroxyl groups is 1. The molecule has 0 bridgehead atoms. The molecular formula is C17H23NO5. The fourth-order valence-electron chi connectivity index (χ4n) is 2.54. The number of rotatable bonds is 5. The predicted molar refractivity (Wildman–Crippen MR) is 85.7 cm³/mol. The molecule has 1 aromatic rings. The van der Waals surface area contributed by atoms with Crippen LogP contribution >= 0.6 is 0 Å². The van der Waals surface area contributed by atoms with Crippen molar-refractivity contribution in [2.24, 2.45) is 5.92 Å². The number of hydrogen-bond donors (Lipinski definition) is 3. The molecule has 1 amide bonds. The molecule has 1 aliphatic rings. The summed E-state index contributed by atoms with van der Waals surface area (Å²) in [6.07, 6.45) is 1.40. The molecule has 0 radical (unpaired) electrons. The van der Waals surface area contributed by atoms with E-state index < -0.39 is 17.7 Å². The lowest BCUT2D eigenvalue weighted by atomic mass is 9.90. The summed E-state index contributed by atoms with van der Waals surface area (Å²) in [6.45, 7) is 5.25. The van der Waals surface area contributed by atoms with E-state index in [1.165, 1.54) is 6.07 Å². The van der Waals surface area contributed by atoms with Crippen molar-refractivity contribution in [3.63, 3.8) is 0 Å². The van der Waals surface area contributed by atoms with E-state index in [2.05, 4.69) is 5.32 Å². The van der Waals surface area contributed by atoms with Crippen LogP contribution in [0.25, 0.3) is 0 Å². The molecule has 0 heterocycles. The number of hydrogen-bond acceptors (Lipinski definition) is 4. The van der Waals surface area contributed by atoms with Gasteiger partial charge in [0.2, 0.25) is 0 Å². The molecule has 126 valence electrons. The number of anilines is 1. The maximum absolute atomic E-state index is 11.8. The molecule has 6 nitrogen and oxygen atoms in total. The summed E-state index contributed by atoms with van der Waals surface area (Å²) in [6, 6.07) is 4.81. The number of phenols is 1. The first-order chi connectivity index (χ1) is 10.7. The van der Waals surface area contributed by atoms with Crippen LogP contribution < -0.4 is 5.32 Å². The molecule has 0 saturated heterocycles. The van der Waals surface area contributed by atoms with Crippen LogP contribution in [0.15, 0.2) is 18.2 Å². The Morgan fingerprint density at radius 2 is 2.00 bits per heavy atom. The Morgan fingerprint density at radius 1 is 1.35 bits per heavy atom. The van der Waals surface area contributed by atoms with Gasteiger partial charge in [0.15, 0.2) is 0 Å². The molecule has 23 heavy (non-hydrogen) atoms. The molecule has 1 aromatic carbocycles. The van der Waals surface area contributed by atoms with E-state index in [9.17, 15) is 14.7 Å². The highest BCUT2D eigenvalue weighted by Gasteiger charge is 2.34. The van der Waals surface area contributed by atoms with Crippen molar-refractivity contribution in [3.05, 3.63) is 23.8 Å². The second-order valence-electron chi connectivity index (χ2n) is 6.95. The van der Waals surface area contributed by atoms with Crippen molar-refractivity contribution >= 4 is 17.7 Å². The lowest BCUT2D eigenvalue weighted by Gasteiger charge is -2.21. The number of aliphatic carboxylic acids is 1. The van der Waals surface area contributed by atoms with Crippen LogP contribution in [0.3, 0.4) is 0 Å². The molecule has 0 spiro atoms. The molecule has 6 heteroatoms. The van der Waals surface area contributed by atoms with Gasteiger partial charge in [-0.15, -0.1) is 0 Å². The number of carbonyl (C=O) groups is 2. The first-order valence-corrected chi connectivity index (χ1v) is 7.70. The van der Waals surface area contributed by atoms with Gasteiger partial charge in [0, 0.05) is 0 Å². The summed E-state index contributed by atoms with van der Waals surface area (Å²) in [4.78, 5) is 22.9. The average Bonchev–Trinajstić information content (AvgIpc) is 3.20. The minimum Gasteiger partial charge on any atom is -0.506 e. The topological polar surface area (TPSA) is 95.9 Å². The van der Waals surface area contributed by atoms with Gasteiger partial charge in [0.05, 0.1) is 12.1 Å². The highest BCUT2D eigenvalue weighted by molar-refractivity contribution is 5.87. The van der Waals surface area contributed by atoms with Gasteiger partial charge < -0.3 is 14.9 Å². The predicted octanol–water partition coefficient (Wildman–Crippen LogP) is 3.71. The Hall–Kier alpha value is -2.24. The third-order valence-electron chi connectivity index (χ3n) is 3.67. The molecule has 1 saturated carbocycles. The zero-order valence-electron chi connectivity index (χ0n) is 13.6. The van der Waals surface area contributed by atoms with Crippen molar-refractivity contribution in [1.29, 1.82) is 0 Å². The fraction of sp³-hybridized carbons (Fsp3) is 0.529. The van der Waals surface area contributed by atoms with Gasteiger partial charge in [-0.1, -0.05) is 6.07 Å². The third-order valence-corrected chi connectivity index (χ3v) is 3.67. The van der Waals surface area contributed by atoms with Crippen LogP contribution in [0.2, 0.25) is 0 Å². The largest absolute Gasteiger partial charge is 0.506 e. The van der Waals surface area contributed by atoms with Crippen molar-refractivity contribution in [2.75, 3.05) is 5.32 Å². The quantitative estimate of drug-likeness (QED) is 0.718. The summed E-state index contributed by atoms with van der Waals surface area (Å²) in [5.41, 5.74) is 0.392. The molecule has 1 unspecified atom stereocenters. The van der Waals surface area contributed by atoms with Gasteiger partial charge >= 0.3 is 12.1 Å². The van der Waals surface area contributed by atoms with E-state index in [1.807, 2.05) is 0 Å². The minimum absolute atomic E-state index is 0.0430. The number of amides is 1. The number of phenolic OH excluding ortho intramolecular Hbond substituents is 1. The summed E-state index contributed by atoms with van der Waals surface area (Å²) in [7, 11) is 0. The van der Waals surface area contributed by atoms with E-state index in [4.69, 9.17) is 9.84 Å².